The highest BCUT2D eigenvalue weighted by atomic mass is 35.5. The maximum absolute atomic E-state index is 6.13. The van der Waals surface area contributed by atoms with Crippen molar-refractivity contribution in [2.75, 3.05) is 0 Å². The minimum absolute atomic E-state index is 0.141. The monoisotopic (exact) mass is 287 g/mol. The fraction of sp³-hybridized carbons (Fsp3) is 0.571. The number of nitrogens with two attached hydrogens (primary N) is 1. The molecule has 18 heavy (non-hydrogen) atoms. The summed E-state index contributed by atoms with van der Waals surface area (Å²) in [5.74, 6) is 0. The van der Waals surface area contributed by atoms with E-state index in [1.165, 1.54) is 19.3 Å². The molecular formula is C14H19Cl2NO. The van der Waals surface area contributed by atoms with Crippen LogP contribution < -0.4 is 5.73 Å². The second kappa shape index (κ2) is 6.76. The van der Waals surface area contributed by atoms with Gasteiger partial charge in [0, 0.05) is 16.1 Å². The minimum atomic E-state index is 0.141. The van der Waals surface area contributed by atoms with Crippen molar-refractivity contribution in [1.29, 1.82) is 0 Å². The van der Waals surface area contributed by atoms with Gasteiger partial charge in [0.15, 0.2) is 0 Å². The molecule has 0 aliphatic heterocycles. The SMILES string of the molecule is NC1CCCCCC1OCc1cc(Cl)ccc1Cl. The summed E-state index contributed by atoms with van der Waals surface area (Å²) in [7, 11) is 0. The van der Waals surface area contributed by atoms with Gasteiger partial charge in [0.25, 0.3) is 0 Å². The van der Waals surface area contributed by atoms with Gasteiger partial charge in [0.1, 0.15) is 0 Å². The molecule has 0 aromatic heterocycles. The quantitative estimate of drug-likeness (QED) is 0.847. The van der Waals surface area contributed by atoms with Gasteiger partial charge >= 0.3 is 0 Å². The molecule has 0 bridgehead atoms. The molecule has 1 aromatic rings. The van der Waals surface area contributed by atoms with Crippen molar-refractivity contribution in [2.24, 2.45) is 5.73 Å². The van der Waals surface area contributed by atoms with Gasteiger partial charge in [-0.05, 0) is 36.6 Å². The molecule has 4 heteroatoms. The Labute approximate surface area is 118 Å². The number of hydrogen-bond donors (Lipinski definition) is 1. The van der Waals surface area contributed by atoms with Crippen molar-refractivity contribution in [2.45, 2.75) is 50.9 Å². The van der Waals surface area contributed by atoms with E-state index < -0.39 is 0 Å². The van der Waals surface area contributed by atoms with Gasteiger partial charge in [-0.2, -0.15) is 0 Å². The molecule has 0 heterocycles. The minimum Gasteiger partial charge on any atom is -0.372 e. The summed E-state index contributed by atoms with van der Waals surface area (Å²) >= 11 is 12.1. The Morgan fingerprint density at radius 1 is 1.17 bits per heavy atom. The van der Waals surface area contributed by atoms with Crippen molar-refractivity contribution >= 4 is 23.2 Å². The van der Waals surface area contributed by atoms with Crippen LogP contribution in [0, 0.1) is 0 Å². The number of halogens is 2. The molecule has 0 saturated heterocycles. The van der Waals surface area contributed by atoms with Crippen LogP contribution in [0.15, 0.2) is 18.2 Å². The van der Waals surface area contributed by atoms with Crippen molar-refractivity contribution in [3.63, 3.8) is 0 Å². The van der Waals surface area contributed by atoms with E-state index in [0.29, 0.717) is 16.7 Å². The van der Waals surface area contributed by atoms with Gasteiger partial charge in [-0.1, -0.05) is 42.5 Å². The third kappa shape index (κ3) is 3.86. The fourth-order valence-corrected chi connectivity index (χ4v) is 2.73. The Balaban J connectivity index is 1.95. The smallest absolute Gasteiger partial charge is 0.0736 e. The lowest BCUT2D eigenvalue weighted by atomic mass is 10.1. The zero-order chi connectivity index (χ0) is 13.0. The first-order valence-corrected chi connectivity index (χ1v) is 7.23. The lowest BCUT2D eigenvalue weighted by Crippen LogP contribution is -2.35. The molecule has 2 nitrogen and oxygen atoms in total. The van der Waals surface area contributed by atoms with E-state index in [4.69, 9.17) is 33.7 Å². The molecule has 2 N–H and O–H groups in total. The second-order valence-corrected chi connectivity index (χ2v) is 5.73. The Morgan fingerprint density at radius 3 is 2.78 bits per heavy atom. The maximum Gasteiger partial charge on any atom is 0.0736 e. The largest absolute Gasteiger partial charge is 0.372 e. The van der Waals surface area contributed by atoms with Gasteiger partial charge in [-0.25, -0.2) is 0 Å². The predicted octanol–water partition coefficient (Wildman–Crippen LogP) is 4.17. The van der Waals surface area contributed by atoms with Crippen LogP contribution in [-0.4, -0.2) is 12.1 Å². The van der Waals surface area contributed by atoms with E-state index in [1.807, 2.05) is 6.07 Å². The molecule has 1 aromatic carbocycles. The number of ether oxygens (including phenoxy) is 1. The summed E-state index contributed by atoms with van der Waals surface area (Å²) in [5.41, 5.74) is 7.06. The third-order valence-electron chi connectivity index (χ3n) is 3.46. The second-order valence-electron chi connectivity index (χ2n) is 4.89. The van der Waals surface area contributed by atoms with Crippen molar-refractivity contribution in [1.82, 2.24) is 0 Å². The van der Waals surface area contributed by atoms with Crippen LogP contribution in [0.1, 0.15) is 37.7 Å². The molecule has 0 radical (unpaired) electrons. The average Bonchev–Trinajstić information content (AvgIpc) is 2.55. The average molecular weight is 288 g/mol. The van der Waals surface area contributed by atoms with E-state index in [-0.39, 0.29) is 12.1 Å². The first-order chi connectivity index (χ1) is 8.66. The highest BCUT2D eigenvalue weighted by Crippen LogP contribution is 2.24. The molecule has 2 rings (SSSR count). The van der Waals surface area contributed by atoms with E-state index in [9.17, 15) is 0 Å². The topological polar surface area (TPSA) is 35.2 Å². The fourth-order valence-electron chi connectivity index (χ4n) is 2.36. The standard InChI is InChI=1S/C14H19Cl2NO/c15-11-6-7-12(16)10(8-11)9-18-14-5-3-1-2-4-13(14)17/h6-8,13-14H,1-5,9,17H2. The molecule has 1 aliphatic rings. The van der Waals surface area contributed by atoms with E-state index in [1.54, 1.807) is 12.1 Å². The first-order valence-electron chi connectivity index (χ1n) is 6.48. The molecule has 100 valence electrons. The maximum atomic E-state index is 6.13. The Hall–Kier alpha value is -0.280. The van der Waals surface area contributed by atoms with Crippen molar-refractivity contribution < 1.29 is 4.74 Å². The van der Waals surface area contributed by atoms with Crippen LogP contribution in [0.4, 0.5) is 0 Å². The Morgan fingerprint density at radius 2 is 1.94 bits per heavy atom. The molecular weight excluding hydrogens is 269 g/mol. The number of hydrogen-bond acceptors (Lipinski definition) is 2. The number of rotatable bonds is 3. The lowest BCUT2D eigenvalue weighted by molar-refractivity contribution is 0.0195. The molecule has 0 amide bonds. The molecule has 1 aliphatic carbocycles. The van der Waals surface area contributed by atoms with Crippen LogP contribution in [0.25, 0.3) is 0 Å². The summed E-state index contributed by atoms with van der Waals surface area (Å²) in [6.07, 6.45) is 5.89. The predicted molar refractivity (Wildman–Crippen MR) is 76.1 cm³/mol. The molecule has 1 saturated carbocycles. The van der Waals surface area contributed by atoms with E-state index in [0.717, 1.165) is 18.4 Å². The summed E-state index contributed by atoms with van der Waals surface area (Å²) in [6.45, 7) is 0.484. The zero-order valence-electron chi connectivity index (χ0n) is 10.4. The van der Waals surface area contributed by atoms with E-state index in [2.05, 4.69) is 0 Å². The van der Waals surface area contributed by atoms with Crippen LogP contribution in [0.5, 0.6) is 0 Å². The molecule has 1 fully saturated rings. The van der Waals surface area contributed by atoms with Crippen LogP contribution >= 0.6 is 23.2 Å². The van der Waals surface area contributed by atoms with Gasteiger partial charge < -0.3 is 10.5 Å². The van der Waals surface area contributed by atoms with Crippen LogP contribution in [-0.2, 0) is 11.3 Å². The van der Waals surface area contributed by atoms with Crippen molar-refractivity contribution in [3.05, 3.63) is 33.8 Å². The summed E-state index contributed by atoms with van der Waals surface area (Å²) in [5, 5.41) is 1.38. The Kier molecular flexibility index (Phi) is 5.31. The van der Waals surface area contributed by atoms with Crippen molar-refractivity contribution in [3.8, 4) is 0 Å². The highest BCUT2D eigenvalue weighted by Gasteiger charge is 2.21. The van der Waals surface area contributed by atoms with Gasteiger partial charge in [-0.15, -0.1) is 0 Å². The summed E-state index contributed by atoms with van der Waals surface area (Å²) in [4.78, 5) is 0. The van der Waals surface area contributed by atoms with Gasteiger partial charge in [0.2, 0.25) is 0 Å². The summed E-state index contributed by atoms with van der Waals surface area (Å²) in [6, 6.07) is 5.58. The van der Waals surface area contributed by atoms with Crippen LogP contribution in [0.3, 0.4) is 0 Å². The first kappa shape index (κ1) is 14.1. The molecule has 0 spiro atoms. The summed E-state index contributed by atoms with van der Waals surface area (Å²) < 4.78 is 5.93. The van der Waals surface area contributed by atoms with E-state index >= 15 is 0 Å². The lowest BCUT2D eigenvalue weighted by Gasteiger charge is -2.22. The normalized spacial score (nSPS) is 24.8. The van der Waals surface area contributed by atoms with Gasteiger partial charge in [-0.3, -0.25) is 0 Å². The van der Waals surface area contributed by atoms with Gasteiger partial charge in [0.05, 0.1) is 12.7 Å². The third-order valence-corrected chi connectivity index (χ3v) is 4.07. The zero-order valence-corrected chi connectivity index (χ0v) is 11.9. The number of benzene rings is 1. The molecule has 2 unspecified atom stereocenters. The Bertz CT molecular complexity index is 397. The van der Waals surface area contributed by atoms with Crippen LogP contribution in [0.2, 0.25) is 10.0 Å². The highest BCUT2D eigenvalue weighted by molar-refractivity contribution is 6.33. The molecule has 2 atom stereocenters.